The van der Waals surface area contributed by atoms with E-state index < -0.39 is 0 Å². The summed E-state index contributed by atoms with van der Waals surface area (Å²) in [6, 6.07) is 4.07. The Morgan fingerprint density at radius 1 is 1.29 bits per heavy atom. The van der Waals surface area contributed by atoms with E-state index in [1.165, 1.54) is 22.4 Å². The fraction of sp³-hybridized carbons (Fsp3) is 0.500. The molecule has 3 nitrogen and oxygen atoms in total. The van der Waals surface area contributed by atoms with E-state index >= 15 is 0 Å². The van der Waals surface area contributed by atoms with Crippen molar-refractivity contribution in [3.63, 3.8) is 0 Å². The molecule has 3 heterocycles. The normalized spacial score (nSPS) is 23.4. The molecule has 1 amide bonds. The Labute approximate surface area is 147 Å². The van der Waals surface area contributed by atoms with Crippen LogP contribution >= 0.6 is 11.3 Å². The second-order valence-electron chi connectivity index (χ2n) is 8.14. The standard InChI is InChI=1S/C20H24N2OS/c1-20(2,3)13-6-7-14-16(9-13)24-19-18(14)15(10-17(23)22-19)12-5-4-8-21-11-12/h4-5,8,11,13,15H,6-7,9-10H2,1-3H3,(H,22,23)/t13-,15-/m0/s1. The van der Waals surface area contributed by atoms with Crippen LogP contribution in [0.2, 0.25) is 0 Å². The van der Waals surface area contributed by atoms with E-state index in [0.29, 0.717) is 11.8 Å². The Hall–Kier alpha value is -1.68. The smallest absolute Gasteiger partial charge is 0.225 e. The fourth-order valence-corrected chi connectivity index (χ4v) is 5.55. The van der Waals surface area contributed by atoms with Crippen molar-refractivity contribution in [3.05, 3.63) is 46.1 Å². The molecule has 4 heteroatoms. The van der Waals surface area contributed by atoms with E-state index in [9.17, 15) is 4.79 Å². The van der Waals surface area contributed by atoms with Crippen LogP contribution in [0.25, 0.3) is 0 Å². The van der Waals surface area contributed by atoms with Crippen molar-refractivity contribution in [2.45, 2.75) is 52.4 Å². The summed E-state index contributed by atoms with van der Waals surface area (Å²) in [5.41, 5.74) is 4.38. The number of hydrogen-bond acceptors (Lipinski definition) is 3. The van der Waals surface area contributed by atoms with Gasteiger partial charge in [0, 0.05) is 29.6 Å². The van der Waals surface area contributed by atoms with Gasteiger partial charge >= 0.3 is 0 Å². The molecule has 2 aromatic heterocycles. The minimum atomic E-state index is 0.127. The Morgan fingerprint density at radius 2 is 2.12 bits per heavy atom. The van der Waals surface area contributed by atoms with Gasteiger partial charge in [-0.2, -0.15) is 0 Å². The van der Waals surface area contributed by atoms with Crippen LogP contribution in [0.15, 0.2) is 24.5 Å². The molecule has 1 aliphatic heterocycles. The first-order valence-electron chi connectivity index (χ1n) is 8.77. The van der Waals surface area contributed by atoms with Crippen molar-refractivity contribution >= 4 is 22.2 Å². The molecule has 126 valence electrons. The first-order valence-corrected chi connectivity index (χ1v) is 9.59. The zero-order valence-corrected chi connectivity index (χ0v) is 15.4. The summed E-state index contributed by atoms with van der Waals surface area (Å²) in [5, 5.41) is 4.21. The number of fused-ring (bicyclic) bond motifs is 3. The predicted molar refractivity (Wildman–Crippen MR) is 98.6 cm³/mol. The molecule has 1 N–H and O–H groups in total. The van der Waals surface area contributed by atoms with Gasteiger partial charge in [-0.15, -0.1) is 11.3 Å². The number of nitrogens with one attached hydrogen (secondary N) is 1. The predicted octanol–water partition coefficient (Wildman–Crippen LogP) is 4.77. The molecule has 2 atom stereocenters. The second kappa shape index (κ2) is 5.69. The van der Waals surface area contributed by atoms with Gasteiger partial charge in [-0.25, -0.2) is 0 Å². The van der Waals surface area contributed by atoms with E-state index in [0.717, 1.165) is 29.3 Å². The number of hydrogen-bond donors (Lipinski definition) is 1. The number of nitrogens with zero attached hydrogens (tertiary/aromatic N) is 1. The molecule has 24 heavy (non-hydrogen) atoms. The highest BCUT2D eigenvalue weighted by atomic mass is 32.1. The Kier molecular flexibility index (Phi) is 3.75. The van der Waals surface area contributed by atoms with Crippen molar-refractivity contribution in [1.82, 2.24) is 4.98 Å². The van der Waals surface area contributed by atoms with E-state index in [4.69, 9.17) is 0 Å². The van der Waals surface area contributed by atoms with Gasteiger partial charge in [0.05, 0.1) is 5.00 Å². The number of anilines is 1. The highest BCUT2D eigenvalue weighted by Gasteiger charge is 2.37. The largest absolute Gasteiger partial charge is 0.317 e. The van der Waals surface area contributed by atoms with Gasteiger partial charge in [0.2, 0.25) is 5.91 Å². The monoisotopic (exact) mass is 340 g/mol. The van der Waals surface area contributed by atoms with Crippen molar-refractivity contribution in [2.75, 3.05) is 5.32 Å². The molecule has 0 radical (unpaired) electrons. The second-order valence-corrected chi connectivity index (χ2v) is 9.25. The fourth-order valence-electron chi connectivity index (χ4n) is 4.14. The number of aromatic nitrogens is 1. The van der Waals surface area contributed by atoms with Gasteiger partial charge in [-0.05, 0) is 53.4 Å². The molecule has 1 aliphatic carbocycles. The van der Waals surface area contributed by atoms with E-state index in [2.05, 4.69) is 37.1 Å². The Balaban J connectivity index is 1.76. The van der Waals surface area contributed by atoms with Crippen molar-refractivity contribution in [3.8, 4) is 0 Å². The molecule has 0 spiro atoms. The van der Waals surface area contributed by atoms with Crippen LogP contribution in [-0.4, -0.2) is 10.9 Å². The maximum absolute atomic E-state index is 12.2. The van der Waals surface area contributed by atoms with Crippen LogP contribution in [0, 0.1) is 11.3 Å². The summed E-state index contributed by atoms with van der Waals surface area (Å²) in [6.07, 6.45) is 7.77. The summed E-state index contributed by atoms with van der Waals surface area (Å²) >= 11 is 1.81. The lowest BCUT2D eigenvalue weighted by molar-refractivity contribution is -0.116. The lowest BCUT2D eigenvalue weighted by Gasteiger charge is -2.34. The number of rotatable bonds is 1. The van der Waals surface area contributed by atoms with E-state index in [1.54, 1.807) is 6.20 Å². The van der Waals surface area contributed by atoms with Gasteiger partial charge in [0.1, 0.15) is 0 Å². The summed E-state index contributed by atoms with van der Waals surface area (Å²) in [7, 11) is 0. The van der Waals surface area contributed by atoms with Crippen LogP contribution in [0.4, 0.5) is 5.00 Å². The molecular weight excluding hydrogens is 316 g/mol. The highest BCUT2D eigenvalue weighted by Crippen LogP contribution is 2.50. The van der Waals surface area contributed by atoms with Crippen LogP contribution in [0.5, 0.6) is 0 Å². The van der Waals surface area contributed by atoms with Crippen LogP contribution in [0.3, 0.4) is 0 Å². The molecule has 2 aliphatic rings. The van der Waals surface area contributed by atoms with E-state index in [1.807, 2.05) is 23.6 Å². The summed E-state index contributed by atoms with van der Waals surface area (Å²) in [6.45, 7) is 7.03. The van der Waals surface area contributed by atoms with Crippen molar-refractivity contribution in [1.29, 1.82) is 0 Å². The SMILES string of the molecule is CC(C)(C)[C@H]1CCc2c(sc3c2[C@H](c2cccnc2)CC(=O)N3)C1. The average Bonchev–Trinajstić information content (AvgIpc) is 2.91. The molecule has 0 fully saturated rings. The first kappa shape index (κ1) is 15.8. The van der Waals surface area contributed by atoms with Gasteiger partial charge in [-0.3, -0.25) is 9.78 Å². The number of carbonyl (C=O) groups excluding carboxylic acids is 1. The van der Waals surface area contributed by atoms with Crippen LogP contribution < -0.4 is 5.32 Å². The number of thiophene rings is 1. The van der Waals surface area contributed by atoms with E-state index in [-0.39, 0.29) is 11.8 Å². The molecule has 4 rings (SSSR count). The lowest BCUT2D eigenvalue weighted by Crippen LogP contribution is -2.27. The average molecular weight is 340 g/mol. The third kappa shape index (κ3) is 2.67. The van der Waals surface area contributed by atoms with Gasteiger partial charge in [-0.1, -0.05) is 26.8 Å². The number of amides is 1. The molecule has 0 saturated carbocycles. The Bertz CT molecular complexity index is 773. The highest BCUT2D eigenvalue weighted by molar-refractivity contribution is 7.16. The molecule has 2 aromatic rings. The molecule has 0 bridgehead atoms. The summed E-state index contributed by atoms with van der Waals surface area (Å²) < 4.78 is 0. The van der Waals surface area contributed by atoms with Crippen LogP contribution in [0.1, 0.15) is 61.1 Å². The third-order valence-corrected chi connectivity index (χ3v) is 6.79. The first-order chi connectivity index (χ1) is 11.4. The maximum Gasteiger partial charge on any atom is 0.225 e. The van der Waals surface area contributed by atoms with Gasteiger partial charge in [0.25, 0.3) is 0 Å². The Morgan fingerprint density at radius 3 is 2.83 bits per heavy atom. The zero-order chi connectivity index (χ0) is 16.9. The maximum atomic E-state index is 12.2. The molecular formula is C20H24N2OS. The summed E-state index contributed by atoms with van der Waals surface area (Å²) in [4.78, 5) is 18.0. The molecule has 0 saturated heterocycles. The van der Waals surface area contributed by atoms with Gasteiger partial charge < -0.3 is 5.32 Å². The summed E-state index contributed by atoms with van der Waals surface area (Å²) in [5.74, 6) is 1.01. The zero-order valence-electron chi connectivity index (χ0n) is 14.6. The van der Waals surface area contributed by atoms with Crippen LogP contribution in [-0.2, 0) is 17.6 Å². The minimum absolute atomic E-state index is 0.127. The third-order valence-electron chi connectivity index (χ3n) is 5.61. The van der Waals surface area contributed by atoms with Crippen molar-refractivity contribution < 1.29 is 4.79 Å². The number of carbonyl (C=O) groups is 1. The van der Waals surface area contributed by atoms with Gasteiger partial charge in [0.15, 0.2) is 0 Å². The molecule has 0 aromatic carbocycles. The topological polar surface area (TPSA) is 42.0 Å². The quantitative estimate of drug-likeness (QED) is 0.812. The lowest BCUT2D eigenvalue weighted by atomic mass is 9.71. The minimum Gasteiger partial charge on any atom is -0.317 e. The molecule has 0 unspecified atom stereocenters. The number of pyridine rings is 1. The van der Waals surface area contributed by atoms with Crippen molar-refractivity contribution in [2.24, 2.45) is 11.3 Å².